The normalized spacial score (nSPS) is 11.6. The lowest BCUT2D eigenvalue weighted by Gasteiger charge is -2.17. The Morgan fingerprint density at radius 2 is 1.94 bits per heavy atom. The number of nitrogens with zero attached hydrogens (tertiary/aromatic N) is 1. The Balaban J connectivity index is 2.19. The summed E-state index contributed by atoms with van der Waals surface area (Å²) in [6.07, 6.45) is 3.17. The van der Waals surface area contributed by atoms with Crippen LogP contribution >= 0.6 is 7.60 Å². The minimum absolute atomic E-state index is 0.117. The Bertz CT molecular complexity index is 1230. The van der Waals surface area contributed by atoms with E-state index >= 15 is 0 Å². The van der Waals surface area contributed by atoms with Gasteiger partial charge in [0.1, 0.15) is 5.75 Å². The van der Waals surface area contributed by atoms with Crippen LogP contribution in [0, 0.1) is 6.92 Å². The topological polar surface area (TPSA) is 115 Å². The van der Waals surface area contributed by atoms with E-state index < -0.39 is 13.5 Å². The molecule has 7 nitrogen and oxygen atoms in total. The van der Waals surface area contributed by atoms with Crippen molar-refractivity contribution in [3.63, 3.8) is 0 Å². The molecule has 0 aliphatic carbocycles. The van der Waals surface area contributed by atoms with Gasteiger partial charge in [0, 0.05) is 28.7 Å². The molecular weight excluding hydrogens is 451 g/mol. The van der Waals surface area contributed by atoms with Crippen LogP contribution in [0.1, 0.15) is 41.3 Å². The lowest BCUT2D eigenvalue weighted by molar-refractivity contribution is -0.117. The minimum Gasteiger partial charge on any atom is -0.493 e. The quantitative estimate of drug-likeness (QED) is 0.202. The number of ether oxygens (including phenoxy) is 1. The highest BCUT2D eigenvalue weighted by atomic mass is 31.2. The predicted octanol–water partition coefficient (Wildman–Crippen LogP) is 4.26. The third kappa shape index (κ3) is 5.98. The van der Waals surface area contributed by atoms with Gasteiger partial charge in [-0.15, -0.1) is 6.58 Å². The van der Waals surface area contributed by atoms with Gasteiger partial charge in [-0.1, -0.05) is 43.3 Å². The number of carbonyl (C=O) groups excluding carboxylic acids is 1. The van der Waals surface area contributed by atoms with Gasteiger partial charge in [0.2, 0.25) is 5.91 Å². The van der Waals surface area contributed by atoms with Crippen LogP contribution in [0.25, 0.3) is 10.9 Å². The molecule has 1 amide bonds. The van der Waals surface area contributed by atoms with Crippen molar-refractivity contribution in [2.75, 3.05) is 12.8 Å². The molecular formula is C26H33N2O5P. The molecule has 0 radical (unpaired) electrons. The van der Waals surface area contributed by atoms with Gasteiger partial charge >= 0.3 is 7.60 Å². The number of hydrogen-bond acceptors (Lipinski definition) is 3. The molecule has 0 spiro atoms. The number of fused-ring (bicyclic) bond motifs is 1. The highest BCUT2D eigenvalue weighted by molar-refractivity contribution is 7.51. The first-order chi connectivity index (χ1) is 16.2. The molecule has 34 heavy (non-hydrogen) atoms. The molecule has 0 saturated carbocycles. The SMILES string of the molecule is C=CCc1c(OCCCP(=O)(O)O)c(C)cc2c1c(CC(N)=O)c(CC)n2Cc1ccccc1. The van der Waals surface area contributed by atoms with Crippen molar-refractivity contribution in [3.05, 3.63) is 77.0 Å². The zero-order valence-electron chi connectivity index (χ0n) is 19.8. The molecule has 0 aliphatic rings. The van der Waals surface area contributed by atoms with Gasteiger partial charge in [0.25, 0.3) is 0 Å². The van der Waals surface area contributed by atoms with Gasteiger partial charge in [-0.25, -0.2) is 0 Å². The van der Waals surface area contributed by atoms with E-state index in [0.717, 1.165) is 45.3 Å². The van der Waals surface area contributed by atoms with Crippen molar-refractivity contribution < 1.29 is 23.9 Å². The number of aromatic nitrogens is 1. The fourth-order valence-electron chi connectivity index (χ4n) is 4.55. The number of rotatable bonds is 12. The Morgan fingerprint density at radius 1 is 1.24 bits per heavy atom. The summed E-state index contributed by atoms with van der Waals surface area (Å²) in [5.41, 5.74) is 11.6. The molecule has 0 fully saturated rings. The number of hydrogen-bond donors (Lipinski definition) is 3. The molecule has 3 aromatic rings. The molecule has 2 aromatic carbocycles. The second kappa shape index (κ2) is 11.0. The van der Waals surface area contributed by atoms with Crippen molar-refractivity contribution in [1.29, 1.82) is 0 Å². The van der Waals surface area contributed by atoms with E-state index in [1.54, 1.807) is 6.08 Å². The van der Waals surface area contributed by atoms with E-state index in [2.05, 4.69) is 36.3 Å². The second-order valence-corrected chi connectivity index (χ2v) is 10.2. The highest BCUT2D eigenvalue weighted by Crippen LogP contribution is 2.39. The zero-order valence-corrected chi connectivity index (χ0v) is 20.7. The molecule has 0 atom stereocenters. The van der Waals surface area contributed by atoms with Crippen LogP contribution in [-0.2, 0) is 35.2 Å². The van der Waals surface area contributed by atoms with E-state index in [9.17, 15) is 9.36 Å². The average Bonchev–Trinajstić information content (AvgIpc) is 3.04. The number of nitrogens with two attached hydrogens (primary N) is 1. The van der Waals surface area contributed by atoms with Gasteiger partial charge in [0.15, 0.2) is 0 Å². The molecule has 1 heterocycles. The fourth-order valence-corrected chi connectivity index (χ4v) is 5.09. The second-order valence-electron chi connectivity index (χ2n) is 8.47. The molecule has 4 N–H and O–H groups in total. The molecule has 0 aliphatic heterocycles. The van der Waals surface area contributed by atoms with E-state index in [-0.39, 0.29) is 25.6 Å². The molecule has 0 bridgehead atoms. The number of allylic oxidation sites excluding steroid dienone is 1. The standard InChI is InChI=1S/C26H33N2O5P/c1-4-10-20-25-21(16-24(27)29)22(5-2)28(17-19-11-7-6-8-12-19)23(25)15-18(3)26(20)33-13-9-14-34(30,31)32/h4,6-8,11-12,15H,1,5,9-10,13-14,16-17H2,2-3H3,(H2,27,29)(H2,30,31,32). The number of amides is 1. The summed E-state index contributed by atoms with van der Waals surface area (Å²) in [7, 11) is -4.08. The van der Waals surface area contributed by atoms with Crippen LogP contribution in [0.3, 0.4) is 0 Å². The monoisotopic (exact) mass is 484 g/mol. The number of aryl methyl sites for hydroxylation is 1. The predicted molar refractivity (Wildman–Crippen MR) is 135 cm³/mol. The summed E-state index contributed by atoms with van der Waals surface area (Å²) in [6.45, 7) is 8.78. The third-order valence-corrected chi connectivity index (χ3v) is 6.77. The van der Waals surface area contributed by atoms with E-state index in [0.29, 0.717) is 18.7 Å². The van der Waals surface area contributed by atoms with Crippen LogP contribution in [-0.4, -0.2) is 33.0 Å². The Labute approximate surface area is 200 Å². The van der Waals surface area contributed by atoms with Crippen molar-refractivity contribution in [1.82, 2.24) is 4.57 Å². The summed E-state index contributed by atoms with van der Waals surface area (Å²) >= 11 is 0. The zero-order chi connectivity index (χ0) is 24.9. The van der Waals surface area contributed by atoms with Gasteiger partial charge in [0.05, 0.1) is 19.2 Å². The molecule has 8 heteroatoms. The Hall–Kier alpha value is -2.86. The summed E-state index contributed by atoms with van der Waals surface area (Å²) in [5, 5.41) is 0.946. The Morgan fingerprint density at radius 3 is 2.53 bits per heavy atom. The van der Waals surface area contributed by atoms with Crippen LogP contribution in [0.5, 0.6) is 5.75 Å². The van der Waals surface area contributed by atoms with Crippen molar-refractivity contribution in [3.8, 4) is 5.75 Å². The van der Waals surface area contributed by atoms with Crippen molar-refractivity contribution in [2.24, 2.45) is 5.73 Å². The largest absolute Gasteiger partial charge is 0.493 e. The first-order valence-corrected chi connectivity index (χ1v) is 13.2. The van der Waals surface area contributed by atoms with Gasteiger partial charge in [-0.3, -0.25) is 9.36 Å². The summed E-state index contributed by atoms with van der Waals surface area (Å²) in [5.74, 6) is 0.269. The molecule has 0 unspecified atom stereocenters. The van der Waals surface area contributed by atoms with Gasteiger partial charge in [-0.2, -0.15) is 0 Å². The fraction of sp³-hybridized carbons (Fsp3) is 0.346. The first-order valence-electron chi connectivity index (χ1n) is 11.4. The van der Waals surface area contributed by atoms with E-state index in [4.69, 9.17) is 20.3 Å². The first kappa shape index (κ1) is 25.8. The number of carbonyl (C=O) groups is 1. The minimum atomic E-state index is -4.08. The number of benzene rings is 2. The summed E-state index contributed by atoms with van der Waals surface area (Å²) in [6, 6.07) is 12.2. The molecule has 0 saturated heterocycles. The van der Waals surface area contributed by atoms with E-state index in [1.807, 2.05) is 25.1 Å². The smallest absolute Gasteiger partial charge is 0.325 e. The van der Waals surface area contributed by atoms with Crippen LogP contribution in [0.15, 0.2) is 49.1 Å². The highest BCUT2D eigenvalue weighted by Gasteiger charge is 2.24. The Kier molecular flexibility index (Phi) is 8.37. The molecule has 3 rings (SSSR count). The van der Waals surface area contributed by atoms with Crippen LogP contribution in [0.4, 0.5) is 0 Å². The van der Waals surface area contributed by atoms with Crippen LogP contribution < -0.4 is 10.5 Å². The van der Waals surface area contributed by atoms with Crippen molar-refractivity contribution in [2.45, 2.75) is 46.1 Å². The number of primary amides is 1. The molecule has 1 aromatic heterocycles. The summed E-state index contributed by atoms with van der Waals surface area (Å²) < 4.78 is 19.5. The molecule has 182 valence electrons. The van der Waals surface area contributed by atoms with Gasteiger partial charge in [-0.05, 0) is 48.9 Å². The summed E-state index contributed by atoms with van der Waals surface area (Å²) in [4.78, 5) is 30.4. The maximum Gasteiger partial charge on any atom is 0.325 e. The lowest BCUT2D eigenvalue weighted by Crippen LogP contribution is -2.15. The van der Waals surface area contributed by atoms with E-state index in [1.165, 1.54) is 0 Å². The average molecular weight is 485 g/mol. The maximum absolute atomic E-state index is 12.1. The third-order valence-electron chi connectivity index (χ3n) is 5.87. The van der Waals surface area contributed by atoms with Gasteiger partial charge < -0.3 is 24.8 Å². The van der Waals surface area contributed by atoms with Crippen LogP contribution in [0.2, 0.25) is 0 Å². The lowest BCUT2D eigenvalue weighted by atomic mass is 9.96. The van der Waals surface area contributed by atoms with Crippen molar-refractivity contribution >= 4 is 24.4 Å². The maximum atomic E-state index is 12.1.